The second kappa shape index (κ2) is 4.95. The molecule has 0 radical (unpaired) electrons. The minimum absolute atomic E-state index is 0.188. The summed E-state index contributed by atoms with van der Waals surface area (Å²) in [5.41, 5.74) is 0.174. The maximum Gasteiger partial charge on any atom is 0.251 e. The Balaban J connectivity index is 2.84. The van der Waals surface area contributed by atoms with Crippen molar-refractivity contribution in [1.82, 2.24) is 10.3 Å². The summed E-state index contributed by atoms with van der Waals surface area (Å²) in [6, 6.07) is 3.15. The van der Waals surface area contributed by atoms with Crippen LogP contribution >= 0.6 is 0 Å². The maximum atomic E-state index is 11.8. The third kappa shape index (κ3) is 4.63. The van der Waals surface area contributed by atoms with Gasteiger partial charge in [0.25, 0.3) is 5.91 Å². The molecule has 5 nitrogen and oxygen atoms in total. The Labute approximate surface area is 101 Å². The van der Waals surface area contributed by atoms with Crippen molar-refractivity contribution in [2.45, 2.75) is 33.2 Å². The van der Waals surface area contributed by atoms with E-state index in [1.165, 1.54) is 13.1 Å². The fourth-order valence-corrected chi connectivity index (χ4v) is 1.23. The van der Waals surface area contributed by atoms with Crippen LogP contribution in [0.25, 0.3) is 0 Å². The van der Waals surface area contributed by atoms with E-state index in [0.29, 0.717) is 11.4 Å². The lowest BCUT2D eigenvalue weighted by Gasteiger charge is -2.20. The van der Waals surface area contributed by atoms with Crippen LogP contribution in [0.4, 0.5) is 5.82 Å². The molecular weight excluding hydrogens is 218 g/mol. The van der Waals surface area contributed by atoms with Crippen LogP contribution in [0.1, 0.15) is 38.1 Å². The molecule has 17 heavy (non-hydrogen) atoms. The Kier molecular flexibility index (Phi) is 3.83. The van der Waals surface area contributed by atoms with Gasteiger partial charge in [0, 0.05) is 24.2 Å². The van der Waals surface area contributed by atoms with E-state index >= 15 is 0 Å². The number of hydrogen-bond donors (Lipinski definition) is 2. The molecule has 0 atom stereocenters. The number of carbonyl (C=O) groups excluding carboxylic acids is 2. The average Bonchev–Trinajstić information content (AvgIpc) is 2.14. The molecule has 5 heteroatoms. The van der Waals surface area contributed by atoms with Gasteiger partial charge >= 0.3 is 0 Å². The second-order valence-corrected chi connectivity index (χ2v) is 4.82. The molecule has 1 rings (SSSR count). The number of pyridine rings is 1. The molecule has 1 heterocycles. The van der Waals surface area contributed by atoms with Crippen LogP contribution in [0.2, 0.25) is 0 Å². The summed E-state index contributed by atoms with van der Waals surface area (Å²) in [6.45, 7) is 7.10. The highest BCUT2D eigenvalue weighted by Crippen LogP contribution is 2.08. The Morgan fingerprint density at radius 3 is 2.47 bits per heavy atom. The molecular formula is C12H17N3O2. The number of rotatable bonds is 2. The predicted octanol–water partition coefficient (Wildman–Crippen LogP) is 1.57. The van der Waals surface area contributed by atoms with Crippen molar-refractivity contribution in [3.63, 3.8) is 0 Å². The van der Waals surface area contributed by atoms with E-state index < -0.39 is 0 Å². The largest absolute Gasteiger partial charge is 0.347 e. The van der Waals surface area contributed by atoms with Crippen molar-refractivity contribution in [1.29, 1.82) is 0 Å². The van der Waals surface area contributed by atoms with Crippen LogP contribution in [-0.2, 0) is 4.79 Å². The fourth-order valence-electron chi connectivity index (χ4n) is 1.23. The van der Waals surface area contributed by atoms with E-state index in [-0.39, 0.29) is 17.4 Å². The highest BCUT2D eigenvalue weighted by Gasteiger charge is 2.15. The Bertz CT molecular complexity index is 436. The highest BCUT2D eigenvalue weighted by atomic mass is 16.2. The molecule has 0 saturated heterocycles. The van der Waals surface area contributed by atoms with Gasteiger partial charge in [-0.15, -0.1) is 0 Å². The topological polar surface area (TPSA) is 71.1 Å². The molecule has 2 N–H and O–H groups in total. The van der Waals surface area contributed by atoms with Gasteiger partial charge in [0.15, 0.2) is 0 Å². The molecule has 0 aromatic carbocycles. The molecule has 1 aromatic heterocycles. The Morgan fingerprint density at radius 2 is 1.94 bits per heavy atom. The van der Waals surface area contributed by atoms with Crippen molar-refractivity contribution in [2.24, 2.45) is 0 Å². The molecule has 0 spiro atoms. The molecule has 2 amide bonds. The van der Waals surface area contributed by atoms with Gasteiger partial charge in [-0.1, -0.05) is 0 Å². The predicted molar refractivity (Wildman–Crippen MR) is 65.8 cm³/mol. The number of carbonyl (C=O) groups is 2. The first-order valence-electron chi connectivity index (χ1n) is 5.34. The summed E-state index contributed by atoms with van der Waals surface area (Å²) in [7, 11) is 0. The van der Waals surface area contributed by atoms with Crippen molar-refractivity contribution >= 4 is 17.6 Å². The molecule has 0 aliphatic rings. The Morgan fingerprint density at radius 1 is 1.29 bits per heavy atom. The highest BCUT2D eigenvalue weighted by molar-refractivity contribution is 5.96. The first kappa shape index (κ1) is 13.2. The SMILES string of the molecule is CC(=O)Nc1cc(C(=O)NC(C)(C)C)ccn1. The summed E-state index contributed by atoms with van der Waals surface area (Å²) in [5.74, 6) is -0.0311. The minimum atomic E-state index is -0.297. The summed E-state index contributed by atoms with van der Waals surface area (Å²) in [5, 5.41) is 5.37. The summed E-state index contributed by atoms with van der Waals surface area (Å²) in [6.07, 6.45) is 1.49. The van der Waals surface area contributed by atoms with Crippen LogP contribution in [-0.4, -0.2) is 22.3 Å². The molecule has 0 bridgehead atoms. The van der Waals surface area contributed by atoms with E-state index in [0.717, 1.165) is 0 Å². The first-order chi connectivity index (χ1) is 7.78. The van der Waals surface area contributed by atoms with E-state index in [1.54, 1.807) is 12.1 Å². The van der Waals surface area contributed by atoms with Crippen LogP contribution in [0.5, 0.6) is 0 Å². The van der Waals surface area contributed by atoms with Gasteiger partial charge in [-0.25, -0.2) is 4.98 Å². The normalized spacial score (nSPS) is 10.8. The maximum absolute atomic E-state index is 11.8. The zero-order valence-electron chi connectivity index (χ0n) is 10.5. The van der Waals surface area contributed by atoms with Gasteiger partial charge < -0.3 is 10.6 Å². The van der Waals surface area contributed by atoms with Crippen LogP contribution in [0.15, 0.2) is 18.3 Å². The monoisotopic (exact) mass is 235 g/mol. The van der Waals surface area contributed by atoms with Gasteiger partial charge in [0.2, 0.25) is 5.91 Å². The van der Waals surface area contributed by atoms with Crippen molar-refractivity contribution in [2.75, 3.05) is 5.32 Å². The summed E-state index contributed by atoms with van der Waals surface area (Å²) < 4.78 is 0. The van der Waals surface area contributed by atoms with Gasteiger partial charge in [-0.3, -0.25) is 9.59 Å². The molecule has 0 aliphatic carbocycles. The van der Waals surface area contributed by atoms with E-state index in [1.807, 2.05) is 20.8 Å². The van der Waals surface area contributed by atoms with Crippen LogP contribution < -0.4 is 10.6 Å². The van der Waals surface area contributed by atoms with Crippen molar-refractivity contribution < 1.29 is 9.59 Å². The zero-order chi connectivity index (χ0) is 13.1. The van der Waals surface area contributed by atoms with Gasteiger partial charge in [-0.2, -0.15) is 0 Å². The van der Waals surface area contributed by atoms with E-state index in [4.69, 9.17) is 0 Å². The van der Waals surface area contributed by atoms with Crippen molar-refractivity contribution in [3.05, 3.63) is 23.9 Å². The third-order valence-electron chi connectivity index (χ3n) is 1.81. The number of amides is 2. The van der Waals surface area contributed by atoms with Gasteiger partial charge in [0.05, 0.1) is 0 Å². The lowest BCUT2D eigenvalue weighted by Crippen LogP contribution is -2.40. The molecule has 0 fully saturated rings. The second-order valence-electron chi connectivity index (χ2n) is 4.82. The van der Waals surface area contributed by atoms with Crippen LogP contribution in [0, 0.1) is 0 Å². The molecule has 0 saturated carbocycles. The first-order valence-corrected chi connectivity index (χ1v) is 5.34. The van der Waals surface area contributed by atoms with E-state index in [2.05, 4.69) is 15.6 Å². The number of anilines is 1. The van der Waals surface area contributed by atoms with E-state index in [9.17, 15) is 9.59 Å². The Hall–Kier alpha value is -1.91. The van der Waals surface area contributed by atoms with Gasteiger partial charge in [-0.05, 0) is 32.9 Å². The molecule has 0 aliphatic heterocycles. The smallest absolute Gasteiger partial charge is 0.251 e. The third-order valence-corrected chi connectivity index (χ3v) is 1.81. The quantitative estimate of drug-likeness (QED) is 0.817. The molecule has 0 unspecified atom stereocenters. The zero-order valence-corrected chi connectivity index (χ0v) is 10.5. The van der Waals surface area contributed by atoms with Crippen LogP contribution in [0.3, 0.4) is 0 Å². The van der Waals surface area contributed by atoms with Gasteiger partial charge in [0.1, 0.15) is 5.82 Å². The summed E-state index contributed by atoms with van der Waals surface area (Å²) in [4.78, 5) is 26.7. The molecule has 1 aromatic rings. The van der Waals surface area contributed by atoms with Crippen molar-refractivity contribution in [3.8, 4) is 0 Å². The summed E-state index contributed by atoms with van der Waals surface area (Å²) >= 11 is 0. The lowest BCUT2D eigenvalue weighted by atomic mass is 10.1. The minimum Gasteiger partial charge on any atom is -0.347 e. The number of nitrogens with zero attached hydrogens (tertiary/aromatic N) is 1. The average molecular weight is 235 g/mol. The fraction of sp³-hybridized carbons (Fsp3) is 0.417. The number of aromatic nitrogens is 1. The lowest BCUT2D eigenvalue weighted by molar-refractivity contribution is -0.114. The number of hydrogen-bond acceptors (Lipinski definition) is 3. The molecule has 92 valence electrons. The standard InChI is InChI=1S/C12H17N3O2/c1-8(16)14-10-7-9(5-6-13-10)11(17)15-12(2,3)4/h5-7H,1-4H3,(H,15,17)(H,13,14,16). The number of nitrogens with one attached hydrogen (secondary N) is 2.